The fraction of sp³-hybridized carbons (Fsp3) is 0.385. The summed E-state index contributed by atoms with van der Waals surface area (Å²) in [5, 5.41) is 0. The van der Waals surface area contributed by atoms with E-state index in [1.807, 2.05) is 0 Å². The molecule has 1 unspecified atom stereocenters. The van der Waals surface area contributed by atoms with Crippen LogP contribution in [0.1, 0.15) is 27.6 Å². The third-order valence-corrected chi connectivity index (χ3v) is 5.67. The molecule has 1 aromatic rings. The van der Waals surface area contributed by atoms with Gasteiger partial charge in [-0.05, 0) is 25.1 Å². The Morgan fingerprint density at radius 2 is 1.81 bits per heavy atom. The van der Waals surface area contributed by atoms with Crippen LogP contribution in [0.3, 0.4) is 0 Å². The molecule has 7 nitrogen and oxygen atoms in total. The van der Waals surface area contributed by atoms with Gasteiger partial charge in [-0.15, -0.1) is 0 Å². The highest BCUT2D eigenvalue weighted by atomic mass is 32.2. The lowest BCUT2D eigenvalue weighted by atomic mass is 10.1. The number of nitrogens with two attached hydrogens (primary N) is 1. The third-order valence-electron chi connectivity index (χ3n) is 3.70. The Morgan fingerprint density at radius 1 is 1.24 bits per heavy atom. The Kier molecular flexibility index (Phi) is 3.87. The smallest absolute Gasteiger partial charge is 0.261 e. The summed E-state index contributed by atoms with van der Waals surface area (Å²) >= 11 is 0. The van der Waals surface area contributed by atoms with Gasteiger partial charge in [0.05, 0.1) is 16.0 Å². The lowest BCUT2D eigenvalue weighted by molar-refractivity contribution is 0.0693. The molecular weight excluding hydrogens is 294 g/mol. The number of carbonyl (C=O) groups excluding carboxylic acids is 2. The van der Waals surface area contributed by atoms with E-state index >= 15 is 0 Å². The van der Waals surface area contributed by atoms with Crippen molar-refractivity contribution in [3.63, 3.8) is 0 Å². The van der Waals surface area contributed by atoms with Gasteiger partial charge in [-0.2, -0.15) is 4.31 Å². The second-order valence-corrected chi connectivity index (χ2v) is 6.98. The molecule has 2 N–H and O–H groups in total. The van der Waals surface area contributed by atoms with Crippen LogP contribution in [-0.4, -0.2) is 56.1 Å². The molecule has 0 fully saturated rings. The van der Waals surface area contributed by atoms with Crippen LogP contribution in [0.5, 0.6) is 0 Å². The first kappa shape index (κ1) is 15.6. The van der Waals surface area contributed by atoms with Gasteiger partial charge < -0.3 is 5.73 Å². The quantitative estimate of drug-likeness (QED) is 0.781. The number of sulfonamides is 1. The predicted molar refractivity (Wildman–Crippen MR) is 76.3 cm³/mol. The topological polar surface area (TPSA) is 101 Å². The molecule has 0 saturated heterocycles. The SMILES string of the molecule is CC(CN)N(C)S(=O)(=O)c1ccc2c(c1)C(=O)N(C)C2=O. The Hall–Kier alpha value is -1.77. The minimum atomic E-state index is -3.76. The van der Waals surface area contributed by atoms with Crippen molar-refractivity contribution in [3.8, 4) is 0 Å². The zero-order chi connectivity index (χ0) is 15.9. The van der Waals surface area contributed by atoms with Crippen LogP contribution in [0.4, 0.5) is 0 Å². The predicted octanol–water partition coefficient (Wildman–Crippen LogP) is -0.120. The summed E-state index contributed by atoms with van der Waals surface area (Å²) in [6.45, 7) is 1.87. The molecule has 1 aliphatic rings. The molecule has 0 spiro atoms. The van der Waals surface area contributed by atoms with Crippen LogP contribution in [0, 0.1) is 0 Å². The van der Waals surface area contributed by atoms with Crippen LogP contribution in [0.25, 0.3) is 0 Å². The molecule has 8 heteroatoms. The van der Waals surface area contributed by atoms with E-state index in [0.29, 0.717) is 0 Å². The number of rotatable bonds is 4. The third kappa shape index (κ3) is 2.35. The number of carbonyl (C=O) groups is 2. The highest BCUT2D eigenvalue weighted by Gasteiger charge is 2.35. The zero-order valence-corrected chi connectivity index (χ0v) is 12.8. The van der Waals surface area contributed by atoms with Crippen molar-refractivity contribution in [1.29, 1.82) is 0 Å². The highest BCUT2D eigenvalue weighted by Crippen LogP contribution is 2.26. The molecule has 1 aromatic carbocycles. The first-order valence-corrected chi connectivity index (χ1v) is 7.80. The number of hydrogen-bond acceptors (Lipinski definition) is 5. The highest BCUT2D eigenvalue weighted by molar-refractivity contribution is 7.89. The van der Waals surface area contributed by atoms with Crippen molar-refractivity contribution in [2.75, 3.05) is 20.6 Å². The van der Waals surface area contributed by atoms with Crippen LogP contribution in [0.15, 0.2) is 23.1 Å². The number of benzene rings is 1. The summed E-state index contributed by atoms with van der Waals surface area (Å²) in [4.78, 5) is 24.6. The van der Waals surface area contributed by atoms with E-state index in [4.69, 9.17) is 5.73 Å². The number of nitrogens with zero attached hydrogens (tertiary/aromatic N) is 2. The Labute approximate surface area is 123 Å². The van der Waals surface area contributed by atoms with E-state index in [9.17, 15) is 18.0 Å². The van der Waals surface area contributed by atoms with Gasteiger partial charge in [-0.3, -0.25) is 14.5 Å². The van der Waals surface area contributed by atoms with Gasteiger partial charge in [-0.1, -0.05) is 0 Å². The number of hydrogen-bond donors (Lipinski definition) is 1. The summed E-state index contributed by atoms with van der Waals surface area (Å²) in [7, 11) is -0.967. The molecule has 2 amide bonds. The summed E-state index contributed by atoms with van der Waals surface area (Å²) in [6.07, 6.45) is 0. The largest absolute Gasteiger partial charge is 0.329 e. The molecule has 0 aliphatic carbocycles. The summed E-state index contributed by atoms with van der Waals surface area (Å²) < 4.78 is 26.1. The maximum Gasteiger partial charge on any atom is 0.261 e. The van der Waals surface area contributed by atoms with Crippen LogP contribution >= 0.6 is 0 Å². The first-order valence-electron chi connectivity index (χ1n) is 6.36. The minimum absolute atomic E-state index is 0.0273. The number of likely N-dealkylation sites (N-methyl/N-ethyl adjacent to an activating group) is 1. The summed E-state index contributed by atoms with van der Waals surface area (Å²) in [5.74, 6) is -0.927. The van der Waals surface area contributed by atoms with E-state index in [1.165, 1.54) is 32.3 Å². The Morgan fingerprint density at radius 3 is 2.38 bits per heavy atom. The molecule has 0 saturated carbocycles. The molecule has 114 valence electrons. The van der Waals surface area contributed by atoms with E-state index in [2.05, 4.69) is 0 Å². The second kappa shape index (κ2) is 5.21. The summed E-state index contributed by atoms with van der Waals surface area (Å²) in [6, 6.07) is 3.57. The van der Waals surface area contributed by atoms with Crippen molar-refractivity contribution in [1.82, 2.24) is 9.21 Å². The average molecular weight is 311 g/mol. The Bertz CT molecular complexity index is 714. The van der Waals surface area contributed by atoms with Crippen molar-refractivity contribution >= 4 is 21.8 Å². The summed E-state index contributed by atoms with van der Waals surface area (Å²) in [5.41, 5.74) is 5.81. The Balaban J connectivity index is 2.50. The van der Waals surface area contributed by atoms with Gasteiger partial charge in [0.15, 0.2) is 0 Å². The molecular formula is C13H17N3O4S. The lowest BCUT2D eigenvalue weighted by Crippen LogP contribution is -2.39. The van der Waals surface area contributed by atoms with Gasteiger partial charge in [-0.25, -0.2) is 8.42 Å². The molecule has 21 heavy (non-hydrogen) atoms. The molecule has 1 heterocycles. The number of amides is 2. The maximum absolute atomic E-state index is 12.5. The molecule has 0 radical (unpaired) electrons. The molecule has 0 aromatic heterocycles. The molecule has 0 bridgehead atoms. The van der Waals surface area contributed by atoms with Crippen molar-refractivity contribution in [2.45, 2.75) is 17.9 Å². The van der Waals surface area contributed by atoms with Gasteiger partial charge in [0.1, 0.15) is 0 Å². The van der Waals surface area contributed by atoms with E-state index < -0.39 is 21.8 Å². The monoisotopic (exact) mass is 311 g/mol. The van der Waals surface area contributed by atoms with Crippen molar-refractivity contribution in [3.05, 3.63) is 29.3 Å². The molecule has 2 rings (SSSR count). The van der Waals surface area contributed by atoms with E-state index in [-0.39, 0.29) is 28.6 Å². The zero-order valence-electron chi connectivity index (χ0n) is 12.0. The molecule has 1 aliphatic heterocycles. The lowest BCUT2D eigenvalue weighted by Gasteiger charge is -2.23. The number of imide groups is 1. The average Bonchev–Trinajstić information content (AvgIpc) is 2.70. The molecule has 1 atom stereocenters. The van der Waals surface area contributed by atoms with Gasteiger partial charge >= 0.3 is 0 Å². The fourth-order valence-corrected chi connectivity index (χ4v) is 3.45. The maximum atomic E-state index is 12.5. The minimum Gasteiger partial charge on any atom is -0.329 e. The normalized spacial score (nSPS) is 16.5. The number of fused-ring (bicyclic) bond motifs is 1. The van der Waals surface area contributed by atoms with Crippen LogP contribution < -0.4 is 5.73 Å². The van der Waals surface area contributed by atoms with E-state index in [0.717, 1.165) is 9.21 Å². The van der Waals surface area contributed by atoms with Crippen molar-refractivity contribution < 1.29 is 18.0 Å². The first-order chi connectivity index (χ1) is 9.71. The van der Waals surface area contributed by atoms with Crippen LogP contribution in [-0.2, 0) is 10.0 Å². The standard InChI is InChI=1S/C13H17N3O4S/c1-8(7-14)16(3)21(19,20)9-4-5-10-11(6-9)13(18)15(2)12(10)17/h4-6,8H,7,14H2,1-3H3. The van der Waals surface area contributed by atoms with Crippen molar-refractivity contribution in [2.24, 2.45) is 5.73 Å². The van der Waals surface area contributed by atoms with Gasteiger partial charge in [0.25, 0.3) is 11.8 Å². The van der Waals surface area contributed by atoms with Gasteiger partial charge in [0, 0.05) is 26.7 Å². The van der Waals surface area contributed by atoms with Crippen LogP contribution in [0.2, 0.25) is 0 Å². The van der Waals surface area contributed by atoms with E-state index in [1.54, 1.807) is 6.92 Å². The second-order valence-electron chi connectivity index (χ2n) is 4.98. The fourth-order valence-electron chi connectivity index (χ4n) is 2.05. The van der Waals surface area contributed by atoms with Gasteiger partial charge in [0.2, 0.25) is 10.0 Å².